The Morgan fingerprint density at radius 1 is 1.00 bits per heavy atom. The van der Waals surface area contributed by atoms with Crippen molar-refractivity contribution in [2.24, 2.45) is 0 Å². The van der Waals surface area contributed by atoms with Gasteiger partial charge in [0.1, 0.15) is 5.60 Å². The molecule has 0 saturated heterocycles. The van der Waals surface area contributed by atoms with Crippen molar-refractivity contribution in [1.29, 1.82) is 0 Å². The predicted octanol–water partition coefficient (Wildman–Crippen LogP) is 4.19. The quantitative estimate of drug-likeness (QED) is 0.441. The van der Waals surface area contributed by atoms with Crippen LogP contribution in [-0.2, 0) is 22.5 Å². The Morgan fingerprint density at radius 2 is 1.70 bits per heavy atom. The fourth-order valence-corrected chi connectivity index (χ4v) is 2.95. The molecule has 0 unspecified atom stereocenters. The lowest BCUT2D eigenvalue weighted by atomic mass is 10.0. The molecule has 7 heteroatoms. The molecule has 176 valence electrons. The number of anilines is 1. The smallest absolute Gasteiger partial charge is 0.407 e. The van der Waals surface area contributed by atoms with Gasteiger partial charge in [0.05, 0.1) is 0 Å². The summed E-state index contributed by atoms with van der Waals surface area (Å²) >= 11 is 0. The molecule has 7 nitrogen and oxygen atoms in total. The molecular weight excluding hydrogens is 418 g/mol. The van der Waals surface area contributed by atoms with E-state index in [4.69, 9.17) is 4.74 Å². The first-order valence-electron chi connectivity index (χ1n) is 10.8. The van der Waals surface area contributed by atoms with E-state index in [1.165, 1.54) is 6.08 Å². The Hall–Kier alpha value is -3.45. The molecule has 0 radical (unpaired) electrons. The van der Waals surface area contributed by atoms with Crippen LogP contribution in [0.2, 0.25) is 0 Å². The van der Waals surface area contributed by atoms with Gasteiger partial charge in [-0.15, -0.1) is 0 Å². The molecule has 0 atom stereocenters. The number of ketones is 1. The Bertz CT molecular complexity index is 1010. The molecule has 0 heterocycles. The predicted molar refractivity (Wildman–Crippen MR) is 130 cm³/mol. The molecule has 0 spiro atoms. The van der Waals surface area contributed by atoms with Gasteiger partial charge in [0.15, 0.2) is 5.78 Å². The van der Waals surface area contributed by atoms with Crippen LogP contribution >= 0.6 is 0 Å². The number of nitrogens with zero attached hydrogens (tertiary/aromatic N) is 1. The lowest BCUT2D eigenvalue weighted by Gasteiger charge is -2.19. The number of hydrogen-bond acceptors (Lipinski definition) is 5. The molecule has 2 aromatic carbocycles. The molecule has 2 rings (SSSR count). The summed E-state index contributed by atoms with van der Waals surface area (Å²) < 4.78 is 5.24. The van der Waals surface area contributed by atoms with Crippen LogP contribution < -0.4 is 10.6 Å². The van der Waals surface area contributed by atoms with Crippen molar-refractivity contribution < 1.29 is 19.1 Å². The molecule has 0 aliphatic rings. The van der Waals surface area contributed by atoms with E-state index in [0.717, 1.165) is 11.1 Å². The van der Waals surface area contributed by atoms with Crippen LogP contribution in [0.4, 0.5) is 10.5 Å². The zero-order valence-corrected chi connectivity index (χ0v) is 20.0. The van der Waals surface area contributed by atoms with Crippen molar-refractivity contribution in [3.63, 3.8) is 0 Å². The molecule has 33 heavy (non-hydrogen) atoms. The average molecular weight is 452 g/mol. The van der Waals surface area contributed by atoms with Crippen molar-refractivity contribution in [3.8, 4) is 0 Å². The molecule has 2 aromatic rings. The van der Waals surface area contributed by atoms with Crippen LogP contribution in [0.15, 0.2) is 60.7 Å². The van der Waals surface area contributed by atoms with E-state index in [0.29, 0.717) is 24.3 Å². The Kier molecular flexibility index (Phi) is 9.36. The summed E-state index contributed by atoms with van der Waals surface area (Å²) in [6.45, 7) is 6.39. The van der Waals surface area contributed by atoms with Crippen molar-refractivity contribution >= 4 is 23.5 Å². The van der Waals surface area contributed by atoms with Crippen LogP contribution in [0.5, 0.6) is 0 Å². The van der Waals surface area contributed by atoms with Crippen LogP contribution in [0.1, 0.15) is 42.3 Å². The van der Waals surface area contributed by atoms with Gasteiger partial charge in [0.25, 0.3) is 0 Å². The van der Waals surface area contributed by atoms with Gasteiger partial charge in [-0.2, -0.15) is 0 Å². The topological polar surface area (TPSA) is 87.7 Å². The number of nitrogens with one attached hydrogen (secondary N) is 2. The Morgan fingerprint density at radius 3 is 2.39 bits per heavy atom. The monoisotopic (exact) mass is 451 g/mol. The molecular formula is C26H33N3O4. The fourth-order valence-electron chi connectivity index (χ4n) is 2.95. The number of hydrogen-bond donors (Lipinski definition) is 2. The van der Waals surface area contributed by atoms with Crippen LogP contribution in [0.25, 0.3) is 0 Å². The van der Waals surface area contributed by atoms with E-state index >= 15 is 0 Å². The fraction of sp³-hybridized carbons (Fsp3) is 0.346. The van der Waals surface area contributed by atoms with E-state index in [9.17, 15) is 14.4 Å². The average Bonchev–Trinajstić information content (AvgIpc) is 2.71. The molecule has 0 bridgehead atoms. The Labute approximate surface area is 195 Å². The first-order valence-corrected chi connectivity index (χ1v) is 10.8. The number of Topliss-reactive ketones (excluding diaryl/α,β-unsaturated/α-hetero) is 1. The third-order valence-electron chi connectivity index (χ3n) is 4.38. The maximum Gasteiger partial charge on any atom is 0.407 e. The van der Waals surface area contributed by atoms with Gasteiger partial charge in [0.2, 0.25) is 5.91 Å². The van der Waals surface area contributed by atoms with E-state index in [1.807, 2.05) is 43.3 Å². The number of carbonyl (C=O) groups is 3. The van der Waals surface area contributed by atoms with Gasteiger partial charge < -0.3 is 20.3 Å². The molecule has 0 aliphatic carbocycles. The minimum atomic E-state index is -0.561. The van der Waals surface area contributed by atoms with E-state index in [1.54, 1.807) is 51.1 Å². The zero-order valence-electron chi connectivity index (χ0n) is 20.0. The number of amides is 2. The first kappa shape index (κ1) is 25.8. The summed E-state index contributed by atoms with van der Waals surface area (Å²) in [6, 6.07) is 14.4. The highest BCUT2D eigenvalue weighted by molar-refractivity contribution is 6.02. The SMILES string of the molecule is CN(C)C/C=C/C(=O)Nc1cccc(C(=O)Cc2cccc(CNC(=O)OC(C)(C)C)c2)c1. The minimum absolute atomic E-state index is 0.0634. The molecule has 0 aliphatic heterocycles. The summed E-state index contributed by atoms with van der Waals surface area (Å²) in [5.41, 5.74) is 2.23. The zero-order chi connectivity index (χ0) is 24.4. The van der Waals surface area contributed by atoms with E-state index in [-0.39, 0.29) is 18.1 Å². The maximum atomic E-state index is 12.8. The van der Waals surface area contributed by atoms with Crippen LogP contribution in [-0.4, -0.2) is 48.9 Å². The first-order chi connectivity index (χ1) is 15.5. The second-order valence-electron chi connectivity index (χ2n) is 9.01. The van der Waals surface area contributed by atoms with Crippen LogP contribution in [0, 0.1) is 0 Å². The second kappa shape index (κ2) is 12.0. The van der Waals surface area contributed by atoms with Gasteiger partial charge in [-0.1, -0.05) is 42.5 Å². The van der Waals surface area contributed by atoms with Crippen molar-refractivity contribution in [2.75, 3.05) is 26.0 Å². The summed E-state index contributed by atoms with van der Waals surface area (Å²) in [5.74, 6) is -0.307. The maximum absolute atomic E-state index is 12.8. The normalized spacial score (nSPS) is 11.5. The van der Waals surface area contributed by atoms with Crippen molar-refractivity contribution in [3.05, 3.63) is 77.4 Å². The summed E-state index contributed by atoms with van der Waals surface area (Å²) in [7, 11) is 3.84. The molecule has 0 saturated carbocycles. The third-order valence-corrected chi connectivity index (χ3v) is 4.38. The summed E-state index contributed by atoms with van der Waals surface area (Å²) in [5, 5.41) is 5.50. The standard InChI is InChI=1S/C26H33N3O4/c1-26(2,3)33-25(32)27-18-20-10-6-9-19(15-20)16-23(30)21-11-7-12-22(17-21)28-24(31)13-8-14-29(4)5/h6-13,15,17H,14,16,18H2,1-5H3,(H,27,32)(H,28,31)/b13-8+. The lowest BCUT2D eigenvalue weighted by molar-refractivity contribution is -0.111. The number of carbonyl (C=O) groups excluding carboxylic acids is 3. The number of alkyl carbamates (subject to hydrolysis) is 1. The second-order valence-corrected chi connectivity index (χ2v) is 9.01. The largest absolute Gasteiger partial charge is 0.444 e. The van der Waals surface area contributed by atoms with Crippen LogP contribution in [0.3, 0.4) is 0 Å². The lowest BCUT2D eigenvalue weighted by Crippen LogP contribution is -2.32. The number of ether oxygens (including phenoxy) is 1. The highest BCUT2D eigenvalue weighted by Crippen LogP contribution is 2.15. The van der Waals surface area contributed by atoms with Crippen molar-refractivity contribution in [1.82, 2.24) is 10.2 Å². The van der Waals surface area contributed by atoms with Gasteiger partial charge in [0, 0.05) is 36.8 Å². The number of likely N-dealkylation sites (N-methyl/N-ethyl adjacent to an activating group) is 1. The number of rotatable bonds is 9. The highest BCUT2D eigenvalue weighted by Gasteiger charge is 2.16. The number of benzene rings is 2. The van der Waals surface area contributed by atoms with Gasteiger partial charge >= 0.3 is 6.09 Å². The van der Waals surface area contributed by atoms with Crippen molar-refractivity contribution in [2.45, 2.75) is 39.3 Å². The summed E-state index contributed by atoms with van der Waals surface area (Å²) in [6.07, 6.45) is 2.97. The van der Waals surface area contributed by atoms with Gasteiger partial charge in [-0.25, -0.2) is 4.79 Å². The third kappa shape index (κ3) is 10.1. The highest BCUT2D eigenvalue weighted by atomic mass is 16.6. The molecule has 0 fully saturated rings. The van der Waals surface area contributed by atoms with E-state index < -0.39 is 11.7 Å². The molecule has 2 N–H and O–H groups in total. The molecule has 2 amide bonds. The molecule has 0 aromatic heterocycles. The Balaban J connectivity index is 1.96. The minimum Gasteiger partial charge on any atom is -0.444 e. The summed E-state index contributed by atoms with van der Waals surface area (Å²) in [4.78, 5) is 38.7. The van der Waals surface area contributed by atoms with Gasteiger partial charge in [-0.3, -0.25) is 9.59 Å². The van der Waals surface area contributed by atoms with Gasteiger partial charge in [-0.05, 0) is 58.1 Å². The van der Waals surface area contributed by atoms with E-state index in [2.05, 4.69) is 10.6 Å².